The molecular formula is C16H18ClN3O. The van der Waals surface area contributed by atoms with Crippen LogP contribution in [0.25, 0.3) is 0 Å². The fraction of sp³-hybridized carbons (Fsp3) is 0.250. The number of pyridine rings is 1. The van der Waals surface area contributed by atoms with E-state index < -0.39 is 0 Å². The Morgan fingerprint density at radius 2 is 2.05 bits per heavy atom. The van der Waals surface area contributed by atoms with E-state index in [2.05, 4.69) is 15.6 Å². The number of hydrogen-bond acceptors (Lipinski definition) is 3. The number of carbonyl (C=O) groups is 1. The van der Waals surface area contributed by atoms with Crippen molar-refractivity contribution in [2.45, 2.75) is 26.3 Å². The molecule has 0 bridgehead atoms. The molecule has 0 saturated heterocycles. The number of benzene rings is 1. The first-order valence-corrected chi connectivity index (χ1v) is 7.30. The topological polar surface area (TPSA) is 54.0 Å². The maximum absolute atomic E-state index is 11.5. The molecule has 0 saturated carbocycles. The molecule has 0 aliphatic carbocycles. The van der Waals surface area contributed by atoms with E-state index in [0.717, 1.165) is 22.7 Å². The zero-order chi connectivity index (χ0) is 15.1. The molecule has 4 nitrogen and oxygen atoms in total. The Balaban J connectivity index is 1.91. The van der Waals surface area contributed by atoms with Crippen LogP contribution in [0, 0.1) is 0 Å². The van der Waals surface area contributed by atoms with Gasteiger partial charge >= 0.3 is 0 Å². The number of halogens is 1. The molecule has 110 valence electrons. The van der Waals surface area contributed by atoms with Gasteiger partial charge in [-0.3, -0.25) is 4.79 Å². The van der Waals surface area contributed by atoms with Gasteiger partial charge in [0.25, 0.3) is 0 Å². The molecule has 0 aliphatic rings. The van der Waals surface area contributed by atoms with Crippen molar-refractivity contribution in [3.63, 3.8) is 0 Å². The molecule has 2 rings (SSSR count). The van der Waals surface area contributed by atoms with E-state index >= 15 is 0 Å². The molecule has 0 aliphatic heterocycles. The lowest BCUT2D eigenvalue weighted by atomic mass is 10.2. The van der Waals surface area contributed by atoms with Gasteiger partial charge in [0.1, 0.15) is 5.82 Å². The third kappa shape index (κ3) is 4.76. The number of hydrogen-bond donors (Lipinski definition) is 2. The second-order valence-corrected chi connectivity index (χ2v) is 5.08. The van der Waals surface area contributed by atoms with Crippen LogP contribution >= 0.6 is 11.6 Å². The highest BCUT2D eigenvalue weighted by Crippen LogP contribution is 2.17. The second kappa shape index (κ2) is 7.64. The predicted octanol–water partition coefficient (Wildman–Crippen LogP) is 4.09. The van der Waals surface area contributed by atoms with Crippen LogP contribution in [-0.4, -0.2) is 10.9 Å². The highest BCUT2D eigenvalue weighted by Gasteiger charge is 2.02. The Morgan fingerprint density at radius 1 is 1.24 bits per heavy atom. The molecule has 2 N–H and O–H groups in total. The summed E-state index contributed by atoms with van der Waals surface area (Å²) in [5, 5.41) is 6.74. The molecule has 1 heterocycles. The first kappa shape index (κ1) is 15.3. The van der Waals surface area contributed by atoms with E-state index in [0.29, 0.717) is 18.8 Å². The highest BCUT2D eigenvalue weighted by atomic mass is 35.5. The normalized spacial score (nSPS) is 10.2. The minimum Gasteiger partial charge on any atom is -0.380 e. The van der Waals surface area contributed by atoms with Crippen molar-refractivity contribution in [2.75, 3.05) is 10.6 Å². The average molecular weight is 304 g/mol. The average Bonchev–Trinajstić information content (AvgIpc) is 2.48. The maximum atomic E-state index is 11.5. The third-order valence-electron chi connectivity index (χ3n) is 2.95. The molecule has 21 heavy (non-hydrogen) atoms. The molecular weight excluding hydrogens is 286 g/mol. The molecule has 0 atom stereocenters. The zero-order valence-corrected chi connectivity index (χ0v) is 12.7. The van der Waals surface area contributed by atoms with Crippen LogP contribution in [0.15, 0.2) is 42.6 Å². The van der Waals surface area contributed by atoms with Crippen LogP contribution in [0.3, 0.4) is 0 Å². The second-order valence-electron chi connectivity index (χ2n) is 4.68. The number of carbonyl (C=O) groups excluding carboxylic acids is 1. The summed E-state index contributed by atoms with van der Waals surface area (Å²) in [6, 6.07) is 11.4. The highest BCUT2D eigenvalue weighted by molar-refractivity contribution is 6.31. The van der Waals surface area contributed by atoms with Gasteiger partial charge in [0, 0.05) is 18.0 Å². The van der Waals surface area contributed by atoms with Gasteiger partial charge in [-0.05, 0) is 30.2 Å². The van der Waals surface area contributed by atoms with Gasteiger partial charge in [-0.1, -0.05) is 36.7 Å². The SMILES string of the molecule is CCCC(=O)Nc1ccc(NCc2ccccc2Cl)cn1. The first-order valence-electron chi connectivity index (χ1n) is 6.92. The Hall–Kier alpha value is -2.07. The number of nitrogens with zero attached hydrogens (tertiary/aromatic N) is 1. The minimum atomic E-state index is -0.0122. The van der Waals surface area contributed by atoms with Crippen molar-refractivity contribution >= 4 is 29.0 Å². The van der Waals surface area contributed by atoms with Gasteiger partial charge in [-0.2, -0.15) is 0 Å². The maximum Gasteiger partial charge on any atom is 0.225 e. The van der Waals surface area contributed by atoms with Gasteiger partial charge in [-0.25, -0.2) is 4.98 Å². The van der Waals surface area contributed by atoms with Crippen LogP contribution in [0.2, 0.25) is 5.02 Å². The molecule has 0 spiro atoms. The molecule has 1 aromatic heterocycles. The van der Waals surface area contributed by atoms with Crippen molar-refractivity contribution in [3.05, 3.63) is 53.2 Å². The quantitative estimate of drug-likeness (QED) is 0.845. The monoisotopic (exact) mass is 303 g/mol. The Bertz CT molecular complexity index is 599. The van der Waals surface area contributed by atoms with Crippen LogP contribution in [0.5, 0.6) is 0 Å². The lowest BCUT2D eigenvalue weighted by Crippen LogP contribution is -2.11. The molecule has 1 aromatic carbocycles. The summed E-state index contributed by atoms with van der Waals surface area (Å²) in [6.07, 6.45) is 3.02. The summed E-state index contributed by atoms with van der Waals surface area (Å²) < 4.78 is 0. The Morgan fingerprint density at radius 3 is 2.71 bits per heavy atom. The molecule has 0 radical (unpaired) electrons. The summed E-state index contributed by atoms with van der Waals surface area (Å²) in [4.78, 5) is 15.7. The third-order valence-corrected chi connectivity index (χ3v) is 3.32. The summed E-state index contributed by atoms with van der Waals surface area (Å²) in [7, 11) is 0. The number of anilines is 2. The van der Waals surface area contributed by atoms with Crippen LogP contribution in [0.4, 0.5) is 11.5 Å². The molecule has 1 amide bonds. The largest absolute Gasteiger partial charge is 0.380 e. The van der Waals surface area contributed by atoms with Gasteiger partial charge < -0.3 is 10.6 Å². The number of aromatic nitrogens is 1. The van der Waals surface area contributed by atoms with E-state index in [9.17, 15) is 4.79 Å². The fourth-order valence-electron chi connectivity index (χ4n) is 1.84. The van der Waals surface area contributed by atoms with E-state index in [1.165, 1.54) is 0 Å². The molecule has 2 aromatic rings. The van der Waals surface area contributed by atoms with Gasteiger partial charge in [-0.15, -0.1) is 0 Å². The molecule has 0 fully saturated rings. The van der Waals surface area contributed by atoms with E-state index in [1.54, 1.807) is 12.3 Å². The van der Waals surface area contributed by atoms with E-state index in [-0.39, 0.29) is 5.91 Å². The Kier molecular flexibility index (Phi) is 5.58. The lowest BCUT2D eigenvalue weighted by molar-refractivity contribution is -0.116. The smallest absolute Gasteiger partial charge is 0.225 e. The number of amides is 1. The predicted molar refractivity (Wildman–Crippen MR) is 86.6 cm³/mol. The summed E-state index contributed by atoms with van der Waals surface area (Å²) in [5.41, 5.74) is 1.91. The van der Waals surface area contributed by atoms with Crippen molar-refractivity contribution in [1.82, 2.24) is 4.98 Å². The van der Waals surface area contributed by atoms with Crippen LogP contribution in [0.1, 0.15) is 25.3 Å². The summed E-state index contributed by atoms with van der Waals surface area (Å²) in [5.74, 6) is 0.554. The Labute approximate surface area is 129 Å². The first-order chi connectivity index (χ1) is 10.2. The van der Waals surface area contributed by atoms with E-state index in [4.69, 9.17) is 11.6 Å². The van der Waals surface area contributed by atoms with Crippen molar-refractivity contribution < 1.29 is 4.79 Å². The lowest BCUT2D eigenvalue weighted by Gasteiger charge is -2.09. The molecule has 5 heteroatoms. The van der Waals surface area contributed by atoms with Gasteiger partial charge in [0.2, 0.25) is 5.91 Å². The minimum absolute atomic E-state index is 0.0122. The molecule has 0 unspecified atom stereocenters. The zero-order valence-electron chi connectivity index (χ0n) is 11.9. The standard InChI is InChI=1S/C16H18ClN3O/c1-2-5-16(21)20-15-9-8-13(11-19-15)18-10-12-6-3-4-7-14(12)17/h3-4,6-9,11,18H,2,5,10H2,1H3,(H,19,20,21). The van der Waals surface area contributed by atoms with Crippen molar-refractivity contribution in [1.29, 1.82) is 0 Å². The number of rotatable bonds is 6. The van der Waals surface area contributed by atoms with Crippen LogP contribution < -0.4 is 10.6 Å². The van der Waals surface area contributed by atoms with Gasteiger partial charge in [0.15, 0.2) is 0 Å². The van der Waals surface area contributed by atoms with Crippen LogP contribution in [-0.2, 0) is 11.3 Å². The summed E-state index contributed by atoms with van der Waals surface area (Å²) in [6.45, 7) is 2.59. The van der Waals surface area contributed by atoms with Crippen molar-refractivity contribution in [3.8, 4) is 0 Å². The van der Waals surface area contributed by atoms with Gasteiger partial charge in [0.05, 0.1) is 11.9 Å². The van der Waals surface area contributed by atoms with Crippen molar-refractivity contribution in [2.24, 2.45) is 0 Å². The summed E-state index contributed by atoms with van der Waals surface area (Å²) >= 11 is 6.10. The fourth-order valence-corrected chi connectivity index (χ4v) is 2.05. The number of nitrogens with one attached hydrogen (secondary N) is 2. The van der Waals surface area contributed by atoms with E-state index in [1.807, 2.05) is 37.3 Å².